The van der Waals surface area contributed by atoms with Crippen molar-refractivity contribution < 1.29 is 24.5 Å². The number of rotatable bonds is 3. The molecule has 5 N–H and O–H groups in total. The summed E-state index contributed by atoms with van der Waals surface area (Å²) in [6.07, 6.45) is -1.65. The maximum Gasteiger partial charge on any atom is 0.323 e. The molecule has 0 aliphatic rings. The predicted molar refractivity (Wildman–Crippen MR) is 48.6 cm³/mol. The smallest absolute Gasteiger partial charge is 0.323 e. The molecule has 15 heavy (non-hydrogen) atoms. The highest BCUT2D eigenvalue weighted by atomic mass is 19.1. The highest BCUT2D eigenvalue weighted by Crippen LogP contribution is 2.22. The monoisotopic (exact) mass is 215 g/mol. The molecule has 6 heteroatoms. The van der Waals surface area contributed by atoms with Crippen molar-refractivity contribution >= 4 is 5.97 Å². The zero-order chi connectivity index (χ0) is 11.6. The molecule has 0 spiro atoms. The average Bonchev–Trinajstić information content (AvgIpc) is 2.15. The van der Waals surface area contributed by atoms with Crippen LogP contribution in [0, 0.1) is 5.82 Å². The van der Waals surface area contributed by atoms with Crippen LogP contribution >= 0.6 is 0 Å². The Kier molecular flexibility index (Phi) is 3.23. The molecule has 1 rings (SSSR count). The van der Waals surface area contributed by atoms with Gasteiger partial charge in [0.2, 0.25) is 0 Å². The van der Waals surface area contributed by atoms with E-state index in [0.29, 0.717) is 0 Å². The molecule has 0 fully saturated rings. The summed E-state index contributed by atoms with van der Waals surface area (Å²) in [5.41, 5.74) is 4.86. The van der Waals surface area contributed by atoms with Crippen LogP contribution in [-0.2, 0) is 4.79 Å². The minimum Gasteiger partial charge on any atom is -0.508 e. The van der Waals surface area contributed by atoms with Gasteiger partial charge in [0.05, 0.1) is 0 Å². The van der Waals surface area contributed by atoms with Crippen LogP contribution in [0.2, 0.25) is 0 Å². The molecule has 2 unspecified atom stereocenters. The number of hydrogen-bond donors (Lipinski definition) is 4. The summed E-state index contributed by atoms with van der Waals surface area (Å²) < 4.78 is 13.2. The molecule has 2 atom stereocenters. The largest absolute Gasteiger partial charge is 0.508 e. The molecule has 0 amide bonds. The fraction of sp³-hybridized carbons (Fsp3) is 0.222. The lowest BCUT2D eigenvalue weighted by molar-refractivity contribution is -0.141. The van der Waals surface area contributed by atoms with Crippen LogP contribution in [0.4, 0.5) is 4.39 Å². The first-order valence-electron chi connectivity index (χ1n) is 4.08. The van der Waals surface area contributed by atoms with Crippen LogP contribution in [0.15, 0.2) is 18.2 Å². The summed E-state index contributed by atoms with van der Waals surface area (Å²) in [6.45, 7) is 0. The van der Waals surface area contributed by atoms with Crippen LogP contribution in [-0.4, -0.2) is 27.3 Å². The minimum atomic E-state index is -1.65. The highest BCUT2D eigenvalue weighted by Gasteiger charge is 2.25. The van der Waals surface area contributed by atoms with Crippen molar-refractivity contribution in [2.24, 2.45) is 5.73 Å². The van der Waals surface area contributed by atoms with E-state index in [0.717, 1.165) is 18.2 Å². The summed E-state index contributed by atoms with van der Waals surface area (Å²) in [5.74, 6) is -2.65. The van der Waals surface area contributed by atoms with E-state index in [-0.39, 0.29) is 11.3 Å². The van der Waals surface area contributed by atoms with Crippen molar-refractivity contribution in [1.82, 2.24) is 0 Å². The second-order valence-corrected chi connectivity index (χ2v) is 3.01. The Hall–Kier alpha value is -1.66. The van der Waals surface area contributed by atoms with Gasteiger partial charge >= 0.3 is 5.97 Å². The fourth-order valence-corrected chi connectivity index (χ4v) is 1.08. The van der Waals surface area contributed by atoms with E-state index in [2.05, 4.69) is 0 Å². The van der Waals surface area contributed by atoms with Crippen molar-refractivity contribution in [3.8, 4) is 5.75 Å². The van der Waals surface area contributed by atoms with Crippen molar-refractivity contribution in [2.45, 2.75) is 12.1 Å². The van der Waals surface area contributed by atoms with Crippen LogP contribution in [0.3, 0.4) is 0 Å². The average molecular weight is 215 g/mol. The first-order chi connectivity index (χ1) is 6.93. The molecule has 0 aliphatic heterocycles. The minimum absolute atomic E-state index is 0.261. The number of aliphatic hydroxyl groups excluding tert-OH is 1. The molecule has 0 saturated heterocycles. The Morgan fingerprint density at radius 3 is 2.53 bits per heavy atom. The molecule has 0 saturated carbocycles. The number of carboxylic acid groups (broad SMARTS) is 1. The van der Waals surface area contributed by atoms with Crippen LogP contribution in [0.1, 0.15) is 11.7 Å². The summed E-state index contributed by atoms with van der Waals surface area (Å²) in [4.78, 5) is 10.4. The van der Waals surface area contributed by atoms with E-state index in [4.69, 9.17) is 15.9 Å². The van der Waals surface area contributed by atoms with E-state index in [1.165, 1.54) is 0 Å². The van der Waals surface area contributed by atoms with Gasteiger partial charge in [0, 0.05) is 11.6 Å². The van der Waals surface area contributed by atoms with Gasteiger partial charge in [0.25, 0.3) is 0 Å². The molecule has 0 aliphatic carbocycles. The Morgan fingerprint density at radius 1 is 1.47 bits per heavy atom. The third kappa shape index (κ3) is 2.42. The van der Waals surface area contributed by atoms with Gasteiger partial charge in [-0.1, -0.05) is 0 Å². The molecule has 0 bridgehead atoms. The number of phenolic OH excluding ortho intramolecular Hbond substituents is 1. The van der Waals surface area contributed by atoms with E-state index < -0.39 is 23.9 Å². The Morgan fingerprint density at radius 2 is 2.07 bits per heavy atom. The molecule has 5 nitrogen and oxygen atoms in total. The van der Waals surface area contributed by atoms with Crippen molar-refractivity contribution in [3.63, 3.8) is 0 Å². The van der Waals surface area contributed by atoms with Gasteiger partial charge in [-0.3, -0.25) is 4.79 Å². The molecule has 1 aromatic rings. The van der Waals surface area contributed by atoms with Gasteiger partial charge in [0.15, 0.2) is 0 Å². The Labute approximate surface area is 84.6 Å². The first kappa shape index (κ1) is 11.4. The highest BCUT2D eigenvalue weighted by molar-refractivity contribution is 5.74. The van der Waals surface area contributed by atoms with Gasteiger partial charge in [0.1, 0.15) is 23.7 Å². The van der Waals surface area contributed by atoms with Gasteiger partial charge in [-0.2, -0.15) is 0 Å². The predicted octanol–water partition coefficient (Wildman–Crippen LogP) is -0.0234. The lowest BCUT2D eigenvalue weighted by Gasteiger charge is -2.15. The number of halogens is 1. The van der Waals surface area contributed by atoms with Crippen LogP contribution in [0.5, 0.6) is 5.75 Å². The summed E-state index contributed by atoms with van der Waals surface area (Å²) in [7, 11) is 0. The third-order valence-corrected chi connectivity index (χ3v) is 1.93. The second-order valence-electron chi connectivity index (χ2n) is 3.01. The van der Waals surface area contributed by atoms with E-state index in [9.17, 15) is 14.3 Å². The number of carbonyl (C=O) groups is 1. The summed E-state index contributed by atoms with van der Waals surface area (Å²) >= 11 is 0. The lowest BCUT2D eigenvalue weighted by Crippen LogP contribution is -2.36. The number of benzene rings is 1. The number of nitrogens with two attached hydrogens (primary N) is 1. The second kappa shape index (κ2) is 4.24. The van der Waals surface area contributed by atoms with Crippen LogP contribution in [0.25, 0.3) is 0 Å². The number of aliphatic hydroxyl groups is 1. The molecule has 0 aromatic heterocycles. The molecule has 0 heterocycles. The van der Waals surface area contributed by atoms with Gasteiger partial charge in [-0.15, -0.1) is 0 Å². The Balaban J connectivity index is 3.01. The van der Waals surface area contributed by atoms with Crippen molar-refractivity contribution in [2.75, 3.05) is 0 Å². The maximum absolute atomic E-state index is 13.2. The van der Waals surface area contributed by atoms with E-state index in [1.54, 1.807) is 0 Å². The number of aliphatic carboxylic acids is 1. The summed E-state index contributed by atoms with van der Waals surface area (Å²) in [5, 5.41) is 26.8. The molecular formula is C9H10FNO4. The van der Waals surface area contributed by atoms with Crippen molar-refractivity contribution in [1.29, 1.82) is 0 Å². The van der Waals surface area contributed by atoms with Gasteiger partial charge in [-0.25, -0.2) is 4.39 Å². The first-order valence-corrected chi connectivity index (χ1v) is 4.08. The fourth-order valence-electron chi connectivity index (χ4n) is 1.08. The number of aromatic hydroxyl groups is 1. The quantitative estimate of drug-likeness (QED) is 0.567. The number of hydrogen-bond acceptors (Lipinski definition) is 4. The zero-order valence-electron chi connectivity index (χ0n) is 7.59. The summed E-state index contributed by atoms with van der Waals surface area (Å²) in [6, 6.07) is 1.38. The molecule has 82 valence electrons. The maximum atomic E-state index is 13.2. The molecule has 1 aromatic carbocycles. The normalized spacial score (nSPS) is 14.6. The number of carboxylic acids is 1. The number of phenols is 1. The standard InChI is InChI=1S/C9H10FNO4/c10-6-3-4(12)1-2-5(6)8(13)7(11)9(14)15/h1-3,7-8,12-13H,11H2,(H,14,15). The molecule has 0 radical (unpaired) electrons. The topological polar surface area (TPSA) is 104 Å². The van der Waals surface area contributed by atoms with Crippen LogP contribution < -0.4 is 5.73 Å². The van der Waals surface area contributed by atoms with Crippen molar-refractivity contribution in [3.05, 3.63) is 29.6 Å². The molecular weight excluding hydrogens is 205 g/mol. The zero-order valence-corrected chi connectivity index (χ0v) is 7.59. The van der Waals surface area contributed by atoms with E-state index in [1.807, 2.05) is 0 Å². The van der Waals surface area contributed by atoms with Gasteiger partial charge < -0.3 is 21.1 Å². The Bertz CT molecular complexity index is 382. The van der Waals surface area contributed by atoms with E-state index >= 15 is 0 Å². The lowest BCUT2D eigenvalue weighted by atomic mass is 10.0. The SMILES string of the molecule is NC(C(=O)O)C(O)c1ccc(O)cc1F. The van der Waals surface area contributed by atoms with Gasteiger partial charge in [-0.05, 0) is 12.1 Å². The third-order valence-electron chi connectivity index (χ3n) is 1.93.